The average molecular weight is 734 g/mol. The summed E-state index contributed by atoms with van der Waals surface area (Å²) < 4.78 is 64.8. The van der Waals surface area contributed by atoms with Gasteiger partial charge in [-0.15, -0.1) is 0 Å². The second-order valence-corrected chi connectivity index (χ2v) is 13.7. The van der Waals surface area contributed by atoms with E-state index in [0.29, 0.717) is 17.4 Å². The first-order valence-corrected chi connectivity index (χ1v) is 18.0. The van der Waals surface area contributed by atoms with E-state index in [0.717, 1.165) is 65.9 Å². The lowest BCUT2D eigenvalue weighted by molar-refractivity contribution is 0.437. The highest BCUT2D eigenvalue weighted by Gasteiger charge is 2.26. The van der Waals surface area contributed by atoms with Crippen molar-refractivity contribution in [3.63, 3.8) is 0 Å². The molecule has 0 radical (unpaired) electrons. The van der Waals surface area contributed by atoms with Gasteiger partial charge in [-0.1, -0.05) is 109 Å². The Balaban J connectivity index is 1.33. The van der Waals surface area contributed by atoms with Crippen molar-refractivity contribution in [1.29, 1.82) is 5.26 Å². The zero-order valence-corrected chi connectivity index (χ0v) is 29.4. The Bertz CT molecular complexity index is 3070. The quantitative estimate of drug-likeness (QED) is 0.0985. The molecule has 2 aromatic heterocycles. The Morgan fingerprint density at radius 3 is 1.30 bits per heavy atom. The Morgan fingerprint density at radius 2 is 0.821 bits per heavy atom. The minimum absolute atomic E-state index is 0.0680. The molecule has 10 aromatic rings. The lowest BCUT2D eigenvalue weighted by Gasteiger charge is -2.19. The number of rotatable bonds is 5. The number of aromatic nitrogens is 2. The molecule has 0 N–H and O–H groups in total. The van der Waals surface area contributed by atoms with Crippen molar-refractivity contribution in [2.24, 2.45) is 0 Å². The van der Waals surface area contributed by atoms with Gasteiger partial charge in [0.05, 0.1) is 39.0 Å². The fourth-order valence-electron chi connectivity index (χ4n) is 8.14. The number of fused-ring (bicyclic) bond motifs is 6. The van der Waals surface area contributed by atoms with Gasteiger partial charge in [0.1, 0.15) is 17.4 Å². The number of halogens is 4. The van der Waals surface area contributed by atoms with Crippen molar-refractivity contribution in [1.82, 2.24) is 9.13 Å². The minimum Gasteiger partial charge on any atom is -0.308 e. The van der Waals surface area contributed by atoms with Crippen LogP contribution in [0.2, 0.25) is 0 Å². The van der Waals surface area contributed by atoms with Crippen molar-refractivity contribution < 1.29 is 17.6 Å². The number of para-hydroxylation sites is 2. The summed E-state index contributed by atoms with van der Waals surface area (Å²) in [6.07, 6.45) is 0. The summed E-state index contributed by atoms with van der Waals surface area (Å²) in [5.74, 6) is -6.35. The summed E-state index contributed by atoms with van der Waals surface area (Å²) in [6.45, 7) is 0. The molecule has 0 saturated heterocycles. The standard InChI is InChI=1S/C49H27F4N3/c50-39-27-40(51)48(52)49(53)47(39)33-25-45(55-41-17-9-7-15-34(41)36-23-31(19-21-43(36)55)29-11-3-1-4-12-29)38(28-54)46(26-33)56-42-18-10-8-16-35(42)37-24-32(20-22-44(37)56)30-13-5-2-6-14-30/h1-27H. The van der Waals surface area contributed by atoms with Crippen LogP contribution in [0, 0.1) is 34.6 Å². The summed E-state index contributed by atoms with van der Waals surface area (Å²) in [5, 5.41) is 14.8. The van der Waals surface area contributed by atoms with Crippen LogP contribution >= 0.6 is 0 Å². The molecule has 266 valence electrons. The second kappa shape index (κ2) is 12.9. The van der Waals surface area contributed by atoms with E-state index in [-0.39, 0.29) is 11.1 Å². The molecule has 0 aliphatic heterocycles. The topological polar surface area (TPSA) is 33.6 Å². The first kappa shape index (κ1) is 33.2. The molecule has 0 amide bonds. The van der Waals surface area contributed by atoms with Gasteiger partial charge in [0.25, 0.3) is 0 Å². The van der Waals surface area contributed by atoms with Crippen LogP contribution in [0.5, 0.6) is 0 Å². The molecule has 0 unspecified atom stereocenters. The lowest BCUT2D eigenvalue weighted by Crippen LogP contribution is -2.06. The largest absolute Gasteiger partial charge is 0.308 e. The molecule has 0 aliphatic rings. The van der Waals surface area contributed by atoms with E-state index in [4.69, 9.17) is 0 Å². The summed E-state index contributed by atoms with van der Waals surface area (Å²) in [6, 6.07) is 53.3. The smallest absolute Gasteiger partial charge is 0.195 e. The highest BCUT2D eigenvalue weighted by molar-refractivity contribution is 6.12. The maximum atomic E-state index is 15.8. The predicted octanol–water partition coefficient (Wildman–Crippen LogP) is 13.3. The van der Waals surface area contributed by atoms with Gasteiger partial charge in [0.2, 0.25) is 0 Å². The molecule has 0 atom stereocenters. The van der Waals surface area contributed by atoms with Crippen LogP contribution in [0.1, 0.15) is 5.56 Å². The number of benzene rings is 8. The lowest BCUT2D eigenvalue weighted by atomic mass is 9.98. The van der Waals surface area contributed by atoms with Crippen molar-refractivity contribution in [2.45, 2.75) is 0 Å². The second-order valence-electron chi connectivity index (χ2n) is 13.7. The predicted molar refractivity (Wildman–Crippen MR) is 216 cm³/mol. The number of nitrogens with zero attached hydrogens (tertiary/aromatic N) is 3. The Hall–Kier alpha value is -7.43. The SMILES string of the molecule is N#Cc1c(-n2c3ccccc3c3cc(-c4ccccc4)ccc32)cc(-c2c(F)cc(F)c(F)c2F)cc1-n1c2ccccc2c2cc(-c3ccccc3)ccc21. The third kappa shape index (κ3) is 5.04. The van der Waals surface area contributed by atoms with E-state index >= 15 is 8.78 Å². The Morgan fingerprint density at radius 1 is 0.375 bits per heavy atom. The molecule has 10 rings (SSSR count). The van der Waals surface area contributed by atoms with Crippen LogP contribution in [-0.4, -0.2) is 9.13 Å². The summed E-state index contributed by atoms with van der Waals surface area (Å²) >= 11 is 0. The zero-order chi connectivity index (χ0) is 38.1. The molecule has 2 heterocycles. The van der Waals surface area contributed by atoms with Crippen LogP contribution in [-0.2, 0) is 0 Å². The van der Waals surface area contributed by atoms with Crippen LogP contribution in [0.25, 0.3) is 88.4 Å². The molecule has 56 heavy (non-hydrogen) atoms. The van der Waals surface area contributed by atoms with Gasteiger partial charge in [-0.3, -0.25) is 0 Å². The Labute approximate surface area is 318 Å². The summed E-state index contributed by atoms with van der Waals surface area (Å²) in [7, 11) is 0. The van der Waals surface area contributed by atoms with E-state index in [9.17, 15) is 14.0 Å². The maximum Gasteiger partial charge on any atom is 0.195 e. The van der Waals surface area contributed by atoms with Crippen LogP contribution in [0.4, 0.5) is 17.6 Å². The monoisotopic (exact) mass is 733 g/mol. The highest BCUT2D eigenvalue weighted by atomic mass is 19.2. The number of nitriles is 1. The van der Waals surface area contributed by atoms with Crippen molar-refractivity contribution >= 4 is 43.6 Å². The molecule has 0 spiro atoms. The number of hydrogen-bond acceptors (Lipinski definition) is 1. The van der Waals surface area contributed by atoms with Gasteiger partial charge in [-0.25, -0.2) is 17.6 Å². The van der Waals surface area contributed by atoms with Crippen LogP contribution in [0.3, 0.4) is 0 Å². The zero-order valence-electron chi connectivity index (χ0n) is 29.4. The average Bonchev–Trinajstić information content (AvgIpc) is 3.75. The fraction of sp³-hybridized carbons (Fsp3) is 0. The van der Waals surface area contributed by atoms with Gasteiger partial charge in [0.15, 0.2) is 17.5 Å². The summed E-state index contributed by atoms with van der Waals surface area (Å²) in [5.41, 5.74) is 7.03. The van der Waals surface area contributed by atoms with Crippen LogP contribution < -0.4 is 0 Å². The Kier molecular flexibility index (Phi) is 7.62. The molecular formula is C49H27F4N3. The molecular weight excluding hydrogens is 707 g/mol. The first-order valence-electron chi connectivity index (χ1n) is 18.0. The van der Waals surface area contributed by atoms with Gasteiger partial charge in [-0.05, 0) is 76.3 Å². The molecule has 0 fully saturated rings. The van der Waals surface area contributed by atoms with Gasteiger partial charge < -0.3 is 9.13 Å². The van der Waals surface area contributed by atoms with E-state index in [1.807, 2.05) is 143 Å². The van der Waals surface area contributed by atoms with Gasteiger partial charge in [0, 0.05) is 27.6 Å². The molecule has 0 saturated carbocycles. The maximum absolute atomic E-state index is 15.8. The van der Waals surface area contributed by atoms with Crippen molar-refractivity contribution in [2.75, 3.05) is 0 Å². The summed E-state index contributed by atoms with van der Waals surface area (Å²) in [4.78, 5) is 0. The molecule has 0 aliphatic carbocycles. The van der Waals surface area contributed by atoms with Crippen molar-refractivity contribution in [3.8, 4) is 50.8 Å². The highest BCUT2D eigenvalue weighted by Crippen LogP contribution is 2.42. The fourth-order valence-corrected chi connectivity index (χ4v) is 8.14. The first-order chi connectivity index (χ1) is 27.4. The van der Waals surface area contributed by atoms with E-state index < -0.39 is 28.8 Å². The van der Waals surface area contributed by atoms with E-state index in [1.54, 1.807) is 0 Å². The third-order valence-electron chi connectivity index (χ3n) is 10.7. The normalized spacial score (nSPS) is 11.6. The third-order valence-corrected chi connectivity index (χ3v) is 10.7. The minimum atomic E-state index is -1.79. The van der Waals surface area contributed by atoms with Crippen LogP contribution in [0.15, 0.2) is 164 Å². The molecule has 0 bridgehead atoms. The van der Waals surface area contributed by atoms with Gasteiger partial charge in [-0.2, -0.15) is 5.26 Å². The molecule has 3 nitrogen and oxygen atoms in total. The molecule has 7 heteroatoms. The van der Waals surface area contributed by atoms with E-state index in [2.05, 4.69) is 18.2 Å². The van der Waals surface area contributed by atoms with Crippen molar-refractivity contribution in [3.05, 3.63) is 193 Å². The van der Waals surface area contributed by atoms with Gasteiger partial charge >= 0.3 is 0 Å². The van der Waals surface area contributed by atoms with E-state index in [1.165, 1.54) is 12.1 Å². The number of hydrogen-bond donors (Lipinski definition) is 0. The molecule has 8 aromatic carbocycles.